The van der Waals surface area contributed by atoms with Crippen molar-refractivity contribution in [1.29, 1.82) is 0 Å². The highest BCUT2D eigenvalue weighted by Gasteiger charge is 2.13. The molecular weight excluding hydrogens is 260 g/mol. The number of pyridine rings is 1. The molecular formula is C14H16N2O2S. The molecule has 100 valence electrons. The number of ether oxygens (including phenoxy) is 1. The molecule has 2 rings (SSSR count). The molecule has 0 aliphatic carbocycles. The Bertz CT molecular complexity index is 566. The van der Waals surface area contributed by atoms with Crippen molar-refractivity contribution in [2.24, 2.45) is 0 Å². The topological polar surface area (TPSA) is 51.2 Å². The Morgan fingerprint density at radius 2 is 2.32 bits per heavy atom. The van der Waals surface area contributed by atoms with Gasteiger partial charge in [0.15, 0.2) is 0 Å². The highest BCUT2D eigenvalue weighted by molar-refractivity contribution is 7.08. The van der Waals surface area contributed by atoms with Gasteiger partial charge in [-0.2, -0.15) is 11.3 Å². The van der Waals surface area contributed by atoms with Gasteiger partial charge in [0.1, 0.15) is 11.4 Å². The Balaban J connectivity index is 2.12. The number of hydrogen-bond donors (Lipinski definition) is 1. The third kappa shape index (κ3) is 3.32. The van der Waals surface area contributed by atoms with Crippen molar-refractivity contribution in [3.05, 3.63) is 45.8 Å². The lowest BCUT2D eigenvalue weighted by atomic mass is 10.2. The first kappa shape index (κ1) is 13.5. The minimum absolute atomic E-state index is 0.347. The van der Waals surface area contributed by atoms with E-state index in [0.29, 0.717) is 24.5 Å². The van der Waals surface area contributed by atoms with Crippen LogP contribution < -0.4 is 5.32 Å². The Labute approximate surface area is 116 Å². The summed E-state index contributed by atoms with van der Waals surface area (Å²) in [6.07, 6.45) is 1.66. The van der Waals surface area contributed by atoms with Crippen LogP contribution in [0.3, 0.4) is 0 Å². The molecule has 1 N–H and O–H groups in total. The van der Waals surface area contributed by atoms with Crippen LogP contribution in [0.25, 0.3) is 0 Å². The highest BCUT2D eigenvalue weighted by atomic mass is 32.1. The molecule has 0 amide bonds. The van der Waals surface area contributed by atoms with Gasteiger partial charge in [-0.3, -0.25) is 0 Å². The van der Waals surface area contributed by atoms with Gasteiger partial charge in [-0.1, -0.05) is 0 Å². The summed E-state index contributed by atoms with van der Waals surface area (Å²) in [6, 6.07) is 3.45. The van der Waals surface area contributed by atoms with Gasteiger partial charge in [-0.25, -0.2) is 9.78 Å². The van der Waals surface area contributed by atoms with E-state index < -0.39 is 0 Å². The first-order chi connectivity index (χ1) is 9.22. The molecule has 0 aliphatic heterocycles. The zero-order valence-corrected chi connectivity index (χ0v) is 11.8. The summed E-state index contributed by atoms with van der Waals surface area (Å²) in [6.45, 7) is 4.86. The maximum absolute atomic E-state index is 11.8. The molecule has 4 nitrogen and oxygen atoms in total. The highest BCUT2D eigenvalue weighted by Crippen LogP contribution is 2.17. The van der Waals surface area contributed by atoms with Crippen molar-refractivity contribution in [1.82, 2.24) is 4.98 Å². The second kappa shape index (κ2) is 6.33. The Hall–Kier alpha value is -1.88. The zero-order chi connectivity index (χ0) is 13.7. The van der Waals surface area contributed by atoms with Crippen molar-refractivity contribution in [3.8, 4) is 0 Å². The van der Waals surface area contributed by atoms with Crippen molar-refractivity contribution in [2.45, 2.75) is 20.4 Å². The molecule has 0 aromatic carbocycles. The maximum atomic E-state index is 11.8. The summed E-state index contributed by atoms with van der Waals surface area (Å²) >= 11 is 1.67. The molecule has 19 heavy (non-hydrogen) atoms. The standard InChI is InChI=1S/C14H16N2O2S/c1-3-18-14(17)12-5-4-6-15-13(12)16-7-11-9-19-8-10(11)2/h4-6,8-9H,3,7H2,1-2H3,(H,15,16). The second-order valence-corrected chi connectivity index (χ2v) is 4.80. The number of esters is 1. The molecule has 0 fully saturated rings. The van der Waals surface area contributed by atoms with Crippen LogP contribution in [0.5, 0.6) is 0 Å². The first-order valence-electron chi connectivity index (χ1n) is 6.10. The summed E-state index contributed by atoms with van der Waals surface area (Å²) < 4.78 is 5.01. The third-order valence-corrected chi connectivity index (χ3v) is 3.62. The van der Waals surface area contributed by atoms with Crippen LogP contribution in [0, 0.1) is 6.92 Å². The van der Waals surface area contributed by atoms with Crippen molar-refractivity contribution in [2.75, 3.05) is 11.9 Å². The lowest BCUT2D eigenvalue weighted by Gasteiger charge is -2.09. The van der Waals surface area contributed by atoms with Crippen LogP contribution in [0.15, 0.2) is 29.1 Å². The van der Waals surface area contributed by atoms with Crippen LogP contribution in [0.4, 0.5) is 5.82 Å². The Kier molecular flexibility index (Phi) is 4.52. The van der Waals surface area contributed by atoms with Crippen molar-refractivity contribution >= 4 is 23.1 Å². The number of carbonyl (C=O) groups excluding carboxylic acids is 1. The normalized spacial score (nSPS) is 10.2. The number of anilines is 1. The number of carbonyl (C=O) groups is 1. The molecule has 5 heteroatoms. The van der Waals surface area contributed by atoms with Gasteiger partial charge in [0, 0.05) is 12.7 Å². The Morgan fingerprint density at radius 1 is 1.47 bits per heavy atom. The number of aromatic nitrogens is 1. The summed E-state index contributed by atoms with van der Waals surface area (Å²) in [4.78, 5) is 16.0. The fraction of sp³-hybridized carbons (Fsp3) is 0.286. The van der Waals surface area contributed by atoms with Crippen LogP contribution >= 0.6 is 11.3 Å². The molecule has 2 heterocycles. The summed E-state index contributed by atoms with van der Waals surface area (Å²) in [5.74, 6) is 0.215. The minimum atomic E-state index is -0.347. The van der Waals surface area contributed by atoms with E-state index in [1.165, 1.54) is 11.1 Å². The molecule has 0 unspecified atom stereocenters. The monoisotopic (exact) mass is 276 g/mol. The van der Waals surface area contributed by atoms with E-state index in [-0.39, 0.29) is 5.97 Å². The van der Waals surface area contributed by atoms with Gasteiger partial charge in [0.05, 0.1) is 6.61 Å². The summed E-state index contributed by atoms with van der Waals surface area (Å²) in [5.41, 5.74) is 2.92. The first-order valence-corrected chi connectivity index (χ1v) is 7.04. The molecule has 2 aromatic heterocycles. The van der Waals surface area contributed by atoms with Crippen LogP contribution in [0.1, 0.15) is 28.4 Å². The van der Waals surface area contributed by atoms with E-state index in [4.69, 9.17) is 4.74 Å². The molecule has 0 saturated carbocycles. The van der Waals surface area contributed by atoms with Gasteiger partial charge in [-0.15, -0.1) is 0 Å². The quantitative estimate of drug-likeness (QED) is 0.852. The Morgan fingerprint density at radius 3 is 3.00 bits per heavy atom. The molecule has 0 bridgehead atoms. The zero-order valence-electron chi connectivity index (χ0n) is 11.0. The fourth-order valence-electron chi connectivity index (χ4n) is 1.67. The van der Waals surface area contributed by atoms with Crippen LogP contribution in [-0.4, -0.2) is 17.6 Å². The largest absolute Gasteiger partial charge is 0.462 e. The average Bonchev–Trinajstić information content (AvgIpc) is 2.82. The molecule has 0 atom stereocenters. The number of rotatable bonds is 5. The predicted octanol–water partition coefficient (Wildman–Crippen LogP) is 3.24. The van der Waals surface area contributed by atoms with E-state index in [2.05, 4.69) is 28.0 Å². The van der Waals surface area contributed by atoms with E-state index >= 15 is 0 Å². The number of aryl methyl sites for hydroxylation is 1. The van der Waals surface area contributed by atoms with Gasteiger partial charge in [-0.05, 0) is 47.9 Å². The molecule has 0 radical (unpaired) electrons. The van der Waals surface area contributed by atoms with E-state index in [9.17, 15) is 4.79 Å². The SMILES string of the molecule is CCOC(=O)c1cccnc1NCc1cscc1C. The molecule has 0 saturated heterocycles. The second-order valence-electron chi connectivity index (χ2n) is 4.05. The summed E-state index contributed by atoms with van der Waals surface area (Å²) in [5, 5.41) is 7.38. The van der Waals surface area contributed by atoms with E-state index in [1.54, 1.807) is 36.6 Å². The smallest absolute Gasteiger partial charge is 0.341 e. The average molecular weight is 276 g/mol. The maximum Gasteiger partial charge on any atom is 0.341 e. The van der Waals surface area contributed by atoms with Crippen LogP contribution in [-0.2, 0) is 11.3 Å². The number of nitrogens with one attached hydrogen (secondary N) is 1. The fourth-order valence-corrected chi connectivity index (χ4v) is 2.52. The summed E-state index contributed by atoms with van der Waals surface area (Å²) in [7, 11) is 0. The van der Waals surface area contributed by atoms with Crippen LogP contribution in [0.2, 0.25) is 0 Å². The third-order valence-electron chi connectivity index (χ3n) is 2.71. The lowest BCUT2D eigenvalue weighted by molar-refractivity contribution is 0.0527. The van der Waals surface area contributed by atoms with Crippen molar-refractivity contribution in [3.63, 3.8) is 0 Å². The van der Waals surface area contributed by atoms with Gasteiger partial charge in [0.2, 0.25) is 0 Å². The number of nitrogens with zero attached hydrogens (tertiary/aromatic N) is 1. The van der Waals surface area contributed by atoms with Gasteiger partial charge in [0.25, 0.3) is 0 Å². The van der Waals surface area contributed by atoms with Gasteiger partial charge < -0.3 is 10.1 Å². The van der Waals surface area contributed by atoms with E-state index in [1.807, 2.05) is 0 Å². The number of hydrogen-bond acceptors (Lipinski definition) is 5. The predicted molar refractivity (Wildman–Crippen MR) is 76.6 cm³/mol. The number of thiophene rings is 1. The van der Waals surface area contributed by atoms with Gasteiger partial charge >= 0.3 is 5.97 Å². The lowest BCUT2D eigenvalue weighted by Crippen LogP contribution is -2.11. The molecule has 2 aromatic rings. The minimum Gasteiger partial charge on any atom is -0.462 e. The van der Waals surface area contributed by atoms with Crippen molar-refractivity contribution < 1.29 is 9.53 Å². The molecule has 0 spiro atoms. The molecule has 0 aliphatic rings. The van der Waals surface area contributed by atoms with E-state index in [0.717, 1.165) is 0 Å².